The fourth-order valence-electron chi connectivity index (χ4n) is 3.20. The van der Waals surface area contributed by atoms with Gasteiger partial charge in [-0.2, -0.15) is 0 Å². The molecule has 1 fully saturated rings. The van der Waals surface area contributed by atoms with Gasteiger partial charge in [-0.3, -0.25) is 0 Å². The van der Waals surface area contributed by atoms with Crippen LogP contribution in [0.2, 0.25) is 0 Å². The minimum Gasteiger partial charge on any atom is -0.377 e. The van der Waals surface area contributed by atoms with E-state index in [1.807, 2.05) is 0 Å². The predicted molar refractivity (Wildman–Crippen MR) is 79.0 cm³/mol. The van der Waals surface area contributed by atoms with Crippen molar-refractivity contribution in [2.75, 3.05) is 13.2 Å². The smallest absolute Gasteiger partial charge is 0.0727 e. The maximum Gasteiger partial charge on any atom is 0.0727 e. The summed E-state index contributed by atoms with van der Waals surface area (Å²) >= 11 is 0. The fraction of sp³-hybridized carbons (Fsp3) is 1.00. The highest BCUT2D eigenvalue weighted by atomic mass is 16.5. The van der Waals surface area contributed by atoms with Gasteiger partial charge in [0.2, 0.25) is 0 Å². The van der Waals surface area contributed by atoms with Crippen LogP contribution < -0.4 is 5.32 Å². The molecule has 0 radical (unpaired) electrons. The SMILES string of the molecule is CCCNC(CC1CCCC1)C(CCC)OCC. The normalized spacial score (nSPS) is 20.2. The zero-order chi connectivity index (χ0) is 13.2. The monoisotopic (exact) mass is 255 g/mol. The van der Waals surface area contributed by atoms with Crippen LogP contribution in [0.4, 0.5) is 0 Å². The van der Waals surface area contributed by atoms with E-state index in [9.17, 15) is 0 Å². The van der Waals surface area contributed by atoms with E-state index in [0.717, 1.165) is 19.1 Å². The molecule has 0 aromatic heterocycles. The van der Waals surface area contributed by atoms with Crippen LogP contribution in [-0.2, 0) is 4.74 Å². The summed E-state index contributed by atoms with van der Waals surface area (Å²) in [6.07, 6.45) is 11.1. The quantitative estimate of drug-likeness (QED) is 0.633. The first-order valence-electron chi connectivity index (χ1n) is 8.16. The third-order valence-electron chi connectivity index (χ3n) is 4.12. The molecule has 0 heterocycles. The minimum absolute atomic E-state index is 0.423. The van der Waals surface area contributed by atoms with Gasteiger partial charge in [0.1, 0.15) is 0 Å². The second-order valence-corrected chi connectivity index (χ2v) is 5.73. The van der Waals surface area contributed by atoms with Crippen molar-refractivity contribution in [2.45, 2.75) is 84.3 Å². The van der Waals surface area contributed by atoms with Crippen molar-refractivity contribution in [1.29, 1.82) is 0 Å². The van der Waals surface area contributed by atoms with E-state index in [4.69, 9.17) is 4.74 Å². The Hall–Kier alpha value is -0.0800. The third-order valence-corrected chi connectivity index (χ3v) is 4.12. The van der Waals surface area contributed by atoms with Crippen molar-refractivity contribution < 1.29 is 4.74 Å². The molecule has 0 spiro atoms. The third kappa shape index (κ3) is 5.71. The molecule has 1 rings (SSSR count). The van der Waals surface area contributed by atoms with Crippen molar-refractivity contribution in [1.82, 2.24) is 5.32 Å². The molecule has 0 bridgehead atoms. The molecule has 0 amide bonds. The average Bonchev–Trinajstić information content (AvgIpc) is 2.87. The van der Waals surface area contributed by atoms with Gasteiger partial charge < -0.3 is 10.1 Å². The van der Waals surface area contributed by atoms with Gasteiger partial charge in [0.25, 0.3) is 0 Å². The lowest BCUT2D eigenvalue weighted by Crippen LogP contribution is -2.43. The number of rotatable bonds is 10. The van der Waals surface area contributed by atoms with E-state index >= 15 is 0 Å². The Labute approximate surface area is 114 Å². The molecule has 1 saturated carbocycles. The molecule has 0 saturated heterocycles. The van der Waals surface area contributed by atoms with Gasteiger partial charge in [0.15, 0.2) is 0 Å². The Morgan fingerprint density at radius 3 is 2.39 bits per heavy atom. The van der Waals surface area contributed by atoms with Crippen LogP contribution in [-0.4, -0.2) is 25.3 Å². The number of hydrogen-bond donors (Lipinski definition) is 1. The van der Waals surface area contributed by atoms with Crippen LogP contribution in [0, 0.1) is 5.92 Å². The van der Waals surface area contributed by atoms with Gasteiger partial charge in [0, 0.05) is 12.6 Å². The summed E-state index contributed by atoms with van der Waals surface area (Å²) < 4.78 is 5.99. The maximum absolute atomic E-state index is 5.99. The summed E-state index contributed by atoms with van der Waals surface area (Å²) in [5, 5.41) is 3.74. The fourth-order valence-corrected chi connectivity index (χ4v) is 3.20. The van der Waals surface area contributed by atoms with E-state index in [-0.39, 0.29) is 0 Å². The lowest BCUT2D eigenvalue weighted by molar-refractivity contribution is 0.0218. The summed E-state index contributed by atoms with van der Waals surface area (Å²) in [6.45, 7) is 8.60. The summed E-state index contributed by atoms with van der Waals surface area (Å²) in [7, 11) is 0. The highest BCUT2D eigenvalue weighted by Gasteiger charge is 2.25. The lowest BCUT2D eigenvalue weighted by Gasteiger charge is -2.30. The summed E-state index contributed by atoms with van der Waals surface area (Å²) in [5.41, 5.74) is 0. The van der Waals surface area contributed by atoms with Crippen LogP contribution in [0.1, 0.15) is 72.1 Å². The van der Waals surface area contributed by atoms with Crippen LogP contribution in [0.25, 0.3) is 0 Å². The van der Waals surface area contributed by atoms with Gasteiger partial charge in [-0.05, 0) is 38.6 Å². The second-order valence-electron chi connectivity index (χ2n) is 5.73. The molecule has 1 aliphatic carbocycles. The summed E-state index contributed by atoms with van der Waals surface area (Å²) in [6, 6.07) is 0.577. The predicted octanol–water partition coefficient (Wildman–Crippen LogP) is 4.14. The van der Waals surface area contributed by atoms with E-state index in [2.05, 4.69) is 26.1 Å². The number of hydrogen-bond acceptors (Lipinski definition) is 2. The minimum atomic E-state index is 0.423. The lowest BCUT2D eigenvalue weighted by atomic mass is 9.93. The largest absolute Gasteiger partial charge is 0.377 e. The van der Waals surface area contributed by atoms with Gasteiger partial charge in [-0.25, -0.2) is 0 Å². The number of ether oxygens (including phenoxy) is 1. The van der Waals surface area contributed by atoms with Crippen molar-refractivity contribution >= 4 is 0 Å². The Balaban J connectivity index is 2.48. The molecule has 0 aliphatic heterocycles. The van der Waals surface area contributed by atoms with Crippen molar-refractivity contribution in [3.8, 4) is 0 Å². The molecule has 2 heteroatoms. The van der Waals surface area contributed by atoms with E-state index in [1.54, 1.807) is 0 Å². The van der Waals surface area contributed by atoms with Gasteiger partial charge in [0.05, 0.1) is 6.10 Å². The Morgan fingerprint density at radius 1 is 1.11 bits per heavy atom. The zero-order valence-electron chi connectivity index (χ0n) is 12.7. The summed E-state index contributed by atoms with van der Waals surface area (Å²) in [5.74, 6) is 0.944. The summed E-state index contributed by atoms with van der Waals surface area (Å²) in [4.78, 5) is 0. The van der Waals surface area contributed by atoms with E-state index in [1.165, 1.54) is 51.4 Å². The van der Waals surface area contributed by atoms with E-state index < -0.39 is 0 Å². The zero-order valence-corrected chi connectivity index (χ0v) is 12.7. The first-order valence-corrected chi connectivity index (χ1v) is 8.16. The molecule has 2 atom stereocenters. The molecule has 1 N–H and O–H groups in total. The van der Waals surface area contributed by atoms with Crippen molar-refractivity contribution in [3.63, 3.8) is 0 Å². The highest BCUT2D eigenvalue weighted by molar-refractivity contribution is 4.82. The molecular weight excluding hydrogens is 222 g/mol. The first-order chi connectivity index (χ1) is 8.81. The van der Waals surface area contributed by atoms with E-state index in [0.29, 0.717) is 12.1 Å². The standard InChI is InChI=1S/C16H33NO/c1-4-9-16(18-6-3)15(17-12-5-2)13-14-10-7-8-11-14/h14-17H,4-13H2,1-3H3. The topological polar surface area (TPSA) is 21.3 Å². The van der Waals surface area contributed by atoms with Crippen LogP contribution in [0.5, 0.6) is 0 Å². The molecule has 2 unspecified atom stereocenters. The average molecular weight is 255 g/mol. The Bertz CT molecular complexity index is 184. The van der Waals surface area contributed by atoms with Gasteiger partial charge in [-0.15, -0.1) is 0 Å². The Kier molecular flexibility index (Phi) is 8.70. The second kappa shape index (κ2) is 9.80. The molecule has 18 heavy (non-hydrogen) atoms. The van der Waals surface area contributed by atoms with Crippen LogP contribution in [0.15, 0.2) is 0 Å². The molecule has 2 nitrogen and oxygen atoms in total. The van der Waals surface area contributed by atoms with Crippen molar-refractivity contribution in [2.24, 2.45) is 5.92 Å². The highest BCUT2D eigenvalue weighted by Crippen LogP contribution is 2.30. The Morgan fingerprint density at radius 2 is 1.83 bits per heavy atom. The number of nitrogens with one attached hydrogen (secondary N) is 1. The van der Waals surface area contributed by atoms with Crippen LogP contribution in [0.3, 0.4) is 0 Å². The molecule has 108 valence electrons. The molecule has 1 aliphatic rings. The van der Waals surface area contributed by atoms with Gasteiger partial charge in [-0.1, -0.05) is 46.0 Å². The molecule has 0 aromatic carbocycles. The maximum atomic E-state index is 5.99. The molecular formula is C16H33NO. The van der Waals surface area contributed by atoms with Gasteiger partial charge >= 0.3 is 0 Å². The van der Waals surface area contributed by atoms with Crippen molar-refractivity contribution in [3.05, 3.63) is 0 Å². The van der Waals surface area contributed by atoms with Crippen LogP contribution >= 0.6 is 0 Å². The molecule has 0 aromatic rings. The first kappa shape index (κ1) is 16.0.